The molecule has 0 aliphatic rings. The largest absolute Gasteiger partial charge is 0.423 e. The van der Waals surface area contributed by atoms with Crippen molar-refractivity contribution in [2.75, 3.05) is 5.32 Å². The number of aromatic nitrogens is 3. The minimum absolute atomic E-state index is 0.228. The first kappa shape index (κ1) is 18.1. The summed E-state index contributed by atoms with van der Waals surface area (Å²) < 4.78 is 6.18. The van der Waals surface area contributed by atoms with Crippen LogP contribution in [0.15, 0.2) is 75.9 Å². The molecule has 1 N–H and O–H groups in total. The van der Waals surface area contributed by atoms with Crippen LogP contribution in [-0.2, 0) is 0 Å². The standard InChI is InChI=1S/C21H15BrN4O2/c1-13-18(8-9-19(24-13)14-4-2-6-16(22)10-14)20(27)25-17-7-3-5-15(11-17)21-26-23-12-28-21/h2-12H,1H3,(H,25,27). The Kier molecular flexibility index (Phi) is 4.99. The van der Waals surface area contributed by atoms with Crippen LogP contribution in [0.3, 0.4) is 0 Å². The van der Waals surface area contributed by atoms with Crippen molar-refractivity contribution in [2.45, 2.75) is 6.92 Å². The van der Waals surface area contributed by atoms with Gasteiger partial charge >= 0.3 is 0 Å². The molecule has 138 valence electrons. The van der Waals surface area contributed by atoms with Gasteiger partial charge in [0.15, 0.2) is 0 Å². The molecule has 7 heteroatoms. The lowest BCUT2D eigenvalue weighted by Gasteiger charge is -2.10. The molecular weight excluding hydrogens is 420 g/mol. The molecule has 0 aliphatic carbocycles. The van der Waals surface area contributed by atoms with E-state index < -0.39 is 0 Å². The SMILES string of the molecule is Cc1nc(-c2cccc(Br)c2)ccc1C(=O)Nc1cccc(-c2nnco2)c1. The van der Waals surface area contributed by atoms with Crippen LogP contribution in [0.5, 0.6) is 0 Å². The van der Waals surface area contributed by atoms with Crippen LogP contribution in [0.1, 0.15) is 16.1 Å². The molecule has 6 nitrogen and oxygen atoms in total. The summed E-state index contributed by atoms with van der Waals surface area (Å²) in [6, 6.07) is 18.8. The summed E-state index contributed by atoms with van der Waals surface area (Å²) in [6.45, 7) is 1.82. The monoisotopic (exact) mass is 434 g/mol. The number of halogens is 1. The van der Waals surface area contributed by atoms with Gasteiger partial charge in [0.1, 0.15) is 0 Å². The summed E-state index contributed by atoms with van der Waals surface area (Å²) in [5.74, 6) is 0.167. The second-order valence-electron chi connectivity index (χ2n) is 6.12. The van der Waals surface area contributed by atoms with Crippen LogP contribution >= 0.6 is 15.9 Å². The molecule has 0 atom stereocenters. The first-order valence-electron chi connectivity index (χ1n) is 8.52. The van der Waals surface area contributed by atoms with Crippen LogP contribution in [0.4, 0.5) is 5.69 Å². The number of anilines is 1. The zero-order valence-electron chi connectivity index (χ0n) is 14.9. The Morgan fingerprint density at radius 3 is 2.61 bits per heavy atom. The number of carbonyl (C=O) groups is 1. The Hall–Kier alpha value is -3.32. The van der Waals surface area contributed by atoms with Crippen molar-refractivity contribution < 1.29 is 9.21 Å². The van der Waals surface area contributed by atoms with Crippen LogP contribution in [0.25, 0.3) is 22.7 Å². The lowest BCUT2D eigenvalue weighted by molar-refractivity contribution is 0.102. The number of rotatable bonds is 4. The van der Waals surface area contributed by atoms with Crippen molar-refractivity contribution >= 4 is 27.5 Å². The van der Waals surface area contributed by atoms with Gasteiger partial charge in [-0.1, -0.05) is 34.1 Å². The molecule has 1 amide bonds. The number of hydrogen-bond acceptors (Lipinski definition) is 5. The molecule has 2 aromatic heterocycles. The van der Waals surface area contributed by atoms with Crippen LogP contribution < -0.4 is 5.32 Å². The Bertz CT molecular complexity index is 1140. The lowest BCUT2D eigenvalue weighted by atomic mass is 10.1. The Labute approximate surface area is 169 Å². The predicted octanol–water partition coefficient (Wildman–Crippen LogP) is 5.12. The molecule has 2 heterocycles. The third-order valence-corrected chi connectivity index (χ3v) is 4.67. The van der Waals surface area contributed by atoms with Gasteiger partial charge in [-0.3, -0.25) is 9.78 Å². The van der Waals surface area contributed by atoms with Gasteiger partial charge in [0, 0.05) is 21.3 Å². The molecule has 4 aromatic rings. The van der Waals surface area contributed by atoms with Gasteiger partial charge in [-0.05, 0) is 49.4 Å². The van der Waals surface area contributed by atoms with Gasteiger partial charge in [0.25, 0.3) is 5.91 Å². The van der Waals surface area contributed by atoms with E-state index in [1.165, 1.54) is 6.39 Å². The highest BCUT2D eigenvalue weighted by Crippen LogP contribution is 2.24. The van der Waals surface area contributed by atoms with Crippen molar-refractivity contribution in [3.05, 3.63) is 82.8 Å². The van der Waals surface area contributed by atoms with E-state index in [1.54, 1.807) is 18.2 Å². The Balaban J connectivity index is 1.56. The van der Waals surface area contributed by atoms with Crippen molar-refractivity contribution in [1.29, 1.82) is 0 Å². The quantitative estimate of drug-likeness (QED) is 0.481. The zero-order valence-corrected chi connectivity index (χ0v) is 16.5. The fraction of sp³-hybridized carbons (Fsp3) is 0.0476. The number of hydrogen-bond donors (Lipinski definition) is 1. The predicted molar refractivity (Wildman–Crippen MR) is 110 cm³/mol. The molecule has 0 bridgehead atoms. The minimum Gasteiger partial charge on any atom is -0.423 e. The summed E-state index contributed by atoms with van der Waals surface area (Å²) in [6.07, 6.45) is 1.27. The number of nitrogens with zero attached hydrogens (tertiary/aromatic N) is 3. The number of benzene rings is 2. The average molecular weight is 435 g/mol. The van der Waals surface area contributed by atoms with Crippen molar-refractivity contribution in [3.8, 4) is 22.7 Å². The van der Waals surface area contributed by atoms with Gasteiger partial charge in [-0.15, -0.1) is 10.2 Å². The summed E-state index contributed by atoms with van der Waals surface area (Å²) >= 11 is 3.47. The molecule has 4 rings (SSSR count). The third-order valence-electron chi connectivity index (χ3n) is 4.18. The third kappa shape index (κ3) is 3.84. The maximum Gasteiger partial charge on any atom is 0.257 e. The van der Waals surface area contributed by atoms with E-state index in [2.05, 4.69) is 36.4 Å². The van der Waals surface area contributed by atoms with E-state index in [0.29, 0.717) is 22.8 Å². The summed E-state index contributed by atoms with van der Waals surface area (Å²) in [4.78, 5) is 17.3. The number of carbonyl (C=O) groups excluding carboxylic acids is 1. The molecule has 0 radical (unpaired) electrons. The smallest absolute Gasteiger partial charge is 0.257 e. The normalized spacial score (nSPS) is 10.6. The van der Waals surface area contributed by atoms with Gasteiger partial charge in [-0.2, -0.15) is 0 Å². The van der Waals surface area contributed by atoms with Gasteiger partial charge in [-0.25, -0.2) is 0 Å². The second-order valence-corrected chi connectivity index (χ2v) is 7.03. The van der Waals surface area contributed by atoms with Gasteiger partial charge in [0.2, 0.25) is 12.3 Å². The highest BCUT2D eigenvalue weighted by molar-refractivity contribution is 9.10. The fourth-order valence-electron chi connectivity index (χ4n) is 2.84. The van der Waals surface area contributed by atoms with E-state index in [0.717, 1.165) is 21.3 Å². The highest BCUT2D eigenvalue weighted by atomic mass is 79.9. The topological polar surface area (TPSA) is 80.9 Å². The molecule has 0 unspecified atom stereocenters. The molecule has 0 aliphatic heterocycles. The van der Waals surface area contributed by atoms with Crippen LogP contribution in [0, 0.1) is 6.92 Å². The second kappa shape index (κ2) is 7.74. The maximum absolute atomic E-state index is 12.7. The number of amides is 1. The molecular formula is C21H15BrN4O2. The van der Waals surface area contributed by atoms with Gasteiger partial charge < -0.3 is 9.73 Å². The highest BCUT2D eigenvalue weighted by Gasteiger charge is 2.13. The van der Waals surface area contributed by atoms with E-state index in [1.807, 2.05) is 49.4 Å². The first-order chi connectivity index (χ1) is 13.6. The Morgan fingerprint density at radius 2 is 1.86 bits per heavy atom. The molecule has 2 aromatic carbocycles. The fourth-order valence-corrected chi connectivity index (χ4v) is 3.24. The minimum atomic E-state index is -0.228. The van der Waals surface area contributed by atoms with E-state index in [-0.39, 0.29) is 5.91 Å². The number of aryl methyl sites for hydroxylation is 1. The molecule has 0 spiro atoms. The van der Waals surface area contributed by atoms with E-state index in [4.69, 9.17) is 4.42 Å². The average Bonchev–Trinajstić information content (AvgIpc) is 3.23. The lowest BCUT2D eigenvalue weighted by Crippen LogP contribution is -2.14. The molecule has 0 fully saturated rings. The van der Waals surface area contributed by atoms with Crippen molar-refractivity contribution in [1.82, 2.24) is 15.2 Å². The summed E-state index contributed by atoms with van der Waals surface area (Å²) in [5.41, 5.74) is 4.33. The van der Waals surface area contributed by atoms with Crippen molar-refractivity contribution in [3.63, 3.8) is 0 Å². The number of pyridine rings is 1. The summed E-state index contributed by atoms with van der Waals surface area (Å²) in [7, 11) is 0. The van der Waals surface area contributed by atoms with E-state index in [9.17, 15) is 4.79 Å². The molecule has 0 saturated carbocycles. The van der Waals surface area contributed by atoms with Crippen LogP contribution in [0.2, 0.25) is 0 Å². The summed E-state index contributed by atoms with van der Waals surface area (Å²) in [5, 5.41) is 10.4. The van der Waals surface area contributed by atoms with Crippen molar-refractivity contribution in [2.24, 2.45) is 0 Å². The van der Waals surface area contributed by atoms with Gasteiger partial charge in [0.05, 0.1) is 17.0 Å². The Morgan fingerprint density at radius 1 is 1.04 bits per heavy atom. The first-order valence-corrected chi connectivity index (χ1v) is 9.31. The van der Waals surface area contributed by atoms with E-state index >= 15 is 0 Å². The maximum atomic E-state index is 12.7. The van der Waals surface area contributed by atoms with Crippen LogP contribution in [-0.4, -0.2) is 21.1 Å². The molecule has 0 saturated heterocycles. The molecule has 28 heavy (non-hydrogen) atoms. The zero-order chi connectivity index (χ0) is 19.5. The number of nitrogens with one attached hydrogen (secondary N) is 1.